The lowest BCUT2D eigenvalue weighted by Crippen LogP contribution is -2.33. The molecule has 0 aliphatic carbocycles. The second-order valence-electron chi connectivity index (χ2n) is 6.04. The zero-order chi connectivity index (χ0) is 15.5. The SMILES string of the molecule is Cc1ccc(C)c(C(c2ccc(Cl)s2)N2CCCNCC2)c1. The summed E-state index contributed by atoms with van der Waals surface area (Å²) in [4.78, 5) is 3.95. The molecule has 1 aromatic heterocycles. The van der Waals surface area contributed by atoms with Crippen LogP contribution in [-0.2, 0) is 0 Å². The molecular formula is C18H23ClN2S. The van der Waals surface area contributed by atoms with Crippen LogP contribution in [0.2, 0.25) is 4.34 Å². The summed E-state index contributed by atoms with van der Waals surface area (Å²) in [5.74, 6) is 0. The van der Waals surface area contributed by atoms with Crippen molar-refractivity contribution in [2.24, 2.45) is 0 Å². The fourth-order valence-corrected chi connectivity index (χ4v) is 4.40. The van der Waals surface area contributed by atoms with E-state index in [0.717, 1.165) is 30.5 Å². The molecular weight excluding hydrogens is 312 g/mol. The number of hydrogen-bond donors (Lipinski definition) is 1. The van der Waals surface area contributed by atoms with Gasteiger partial charge in [0.25, 0.3) is 0 Å². The first-order valence-electron chi connectivity index (χ1n) is 7.92. The Hall–Kier alpha value is -0.870. The van der Waals surface area contributed by atoms with E-state index in [4.69, 9.17) is 11.6 Å². The first-order chi connectivity index (χ1) is 10.6. The van der Waals surface area contributed by atoms with Crippen LogP contribution < -0.4 is 5.32 Å². The Kier molecular flexibility index (Phi) is 5.19. The molecule has 0 spiro atoms. The molecule has 1 fully saturated rings. The highest BCUT2D eigenvalue weighted by Crippen LogP contribution is 2.37. The summed E-state index contributed by atoms with van der Waals surface area (Å²) < 4.78 is 0.873. The number of nitrogens with zero attached hydrogens (tertiary/aromatic N) is 1. The standard InChI is InChI=1S/C18H23ClN2S/c1-13-4-5-14(2)15(12-13)18(16-6-7-17(19)22-16)21-10-3-8-20-9-11-21/h4-7,12,18,20H,3,8-11H2,1-2H3. The fraction of sp³-hybridized carbons (Fsp3) is 0.444. The molecule has 1 unspecified atom stereocenters. The summed E-state index contributed by atoms with van der Waals surface area (Å²) in [6, 6.07) is 11.3. The number of hydrogen-bond acceptors (Lipinski definition) is 3. The molecule has 118 valence electrons. The molecule has 1 aliphatic rings. The van der Waals surface area contributed by atoms with E-state index < -0.39 is 0 Å². The number of aryl methyl sites for hydroxylation is 2. The zero-order valence-corrected chi connectivity index (χ0v) is 14.8. The predicted molar refractivity (Wildman–Crippen MR) is 96.1 cm³/mol. The van der Waals surface area contributed by atoms with Crippen LogP contribution in [0, 0.1) is 13.8 Å². The highest BCUT2D eigenvalue weighted by molar-refractivity contribution is 7.16. The highest BCUT2D eigenvalue weighted by Gasteiger charge is 2.25. The Balaban J connectivity index is 2.03. The highest BCUT2D eigenvalue weighted by atomic mass is 35.5. The Morgan fingerprint density at radius 3 is 2.77 bits per heavy atom. The Morgan fingerprint density at radius 1 is 1.14 bits per heavy atom. The third-order valence-electron chi connectivity index (χ3n) is 4.33. The summed E-state index contributed by atoms with van der Waals surface area (Å²) in [6.07, 6.45) is 1.19. The van der Waals surface area contributed by atoms with Crippen molar-refractivity contribution in [3.8, 4) is 0 Å². The molecule has 0 bridgehead atoms. The van der Waals surface area contributed by atoms with E-state index in [-0.39, 0.29) is 0 Å². The van der Waals surface area contributed by atoms with E-state index >= 15 is 0 Å². The van der Waals surface area contributed by atoms with Gasteiger partial charge < -0.3 is 5.32 Å². The van der Waals surface area contributed by atoms with Gasteiger partial charge in [-0.2, -0.15) is 0 Å². The van der Waals surface area contributed by atoms with Crippen molar-refractivity contribution in [3.63, 3.8) is 0 Å². The van der Waals surface area contributed by atoms with E-state index in [9.17, 15) is 0 Å². The van der Waals surface area contributed by atoms with Crippen LogP contribution in [0.5, 0.6) is 0 Å². The first-order valence-corrected chi connectivity index (χ1v) is 9.12. The van der Waals surface area contributed by atoms with Crippen molar-refractivity contribution in [1.29, 1.82) is 0 Å². The fourth-order valence-electron chi connectivity index (χ4n) is 3.18. The van der Waals surface area contributed by atoms with Gasteiger partial charge in [0.15, 0.2) is 0 Å². The molecule has 22 heavy (non-hydrogen) atoms. The lowest BCUT2D eigenvalue weighted by atomic mass is 9.96. The van der Waals surface area contributed by atoms with Crippen LogP contribution in [0.3, 0.4) is 0 Å². The predicted octanol–water partition coefficient (Wildman–Crippen LogP) is 4.40. The largest absolute Gasteiger partial charge is 0.315 e. The van der Waals surface area contributed by atoms with Gasteiger partial charge in [-0.3, -0.25) is 4.90 Å². The van der Waals surface area contributed by atoms with Crippen molar-refractivity contribution in [2.75, 3.05) is 26.2 Å². The summed E-state index contributed by atoms with van der Waals surface area (Å²) in [5.41, 5.74) is 4.10. The molecule has 1 aromatic carbocycles. The van der Waals surface area contributed by atoms with Crippen LogP contribution in [0.4, 0.5) is 0 Å². The number of benzene rings is 1. The van der Waals surface area contributed by atoms with Gasteiger partial charge in [-0.1, -0.05) is 35.4 Å². The smallest absolute Gasteiger partial charge is 0.0931 e. The van der Waals surface area contributed by atoms with Gasteiger partial charge in [-0.05, 0) is 50.1 Å². The summed E-state index contributed by atoms with van der Waals surface area (Å²) >= 11 is 7.93. The van der Waals surface area contributed by atoms with Crippen molar-refractivity contribution >= 4 is 22.9 Å². The lowest BCUT2D eigenvalue weighted by Gasteiger charge is -2.31. The van der Waals surface area contributed by atoms with Crippen LogP contribution in [0.25, 0.3) is 0 Å². The molecule has 2 nitrogen and oxygen atoms in total. The Bertz CT molecular complexity index is 630. The van der Waals surface area contributed by atoms with Crippen molar-refractivity contribution in [1.82, 2.24) is 10.2 Å². The quantitative estimate of drug-likeness (QED) is 0.894. The average molecular weight is 335 g/mol. The average Bonchev–Trinajstić information content (AvgIpc) is 2.75. The van der Waals surface area contributed by atoms with E-state index in [2.05, 4.69) is 48.3 Å². The summed E-state index contributed by atoms with van der Waals surface area (Å²) in [5, 5.41) is 3.50. The van der Waals surface area contributed by atoms with Gasteiger partial charge in [-0.15, -0.1) is 11.3 Å². The Labute approximate surface area is 142 Å². The molecule has 0 amide bonds. The molecule has 4 heteroatoms. The normalized spacial score (nSPS) is 18.1. The maximum Gasteiger partial charge on any atom is 0.0931 e. The van der Waals surface area contributed by atoms with Gasteiger partial charge in [0, 0.05) is 24.5 Å². The van der Waals surface area contributed by atoms with E-state index in [1.807, 2.05) is 6.07 Å². The second kappa shape index (κ2) is 7.14. The molecule has 0 radical (unpaired) electrons. The van der Waals surface area contributed by atoms with Gasteiger partial charge in [0.1, 0.15) is 0 Å². The molecule has 1 atom stereocenters. The van der Waals surface area contributed by atoms with E-state index in [0.29, 0.717) is 6.04 Å². The summed E-state index contributed by atoms with van der Waals surface area (Å²) in [7, 11) is 0. The van der Waals surface area contributed by atoms with Gasteiger partial charge in [-0.25, -0.2) is 0 Å². The number of nitrogens with one attached hydrogen (secondary N) is 1. The number of halogens is 1. The van der Waals surface area contributed by atoms with Gasteiger partial charge in [0.2, 0.25) is 0 Å². The minimum absolute atomic E-state index is 0.317. The monoisotopic (exact) mass is 334 g/mol. The van der Waals surface area contributed by atoms with Crippen LogP contribution in [-0.4, -0.2) is 31.1 Å². The Morgan fingerprint density at radius 2 is 2.00 bits per heavy atom. The third-order valence-corrected chi connectivity index (χ3v) is 5.62. The molecule has 3 rings (SSSR count). The molecule has 2 aromatic rings. The van der Waals surface area contributed by atoms with Crippen molar-refractivity contribution < 1.29 is 0 Å². The molecule has 1 N–H and O–H groups in total. The van der Waals surface area contributed by atoms with Gasteiger partial charge >= 0.3 is 0 Å². The molecule has 0 saturated carbocycles. The second-order valence-corrected chi connectivity index (χ2v) is 7.79. The maximum absolute atomic E-state index is 6.22. The van der Waals surface area contributed by atoms with Gasteiger partial charge in [0.05, 0.1) is 10.4 Å². The van der Waals surface area contributed by atoms with E-state index in [1.165, 1.54) is 28.0 Å². The first kappa shape index (κ1) is 16.0. The molecule has 1 saturated heterocycles. The molecule has 2 heterocycles. The summed E-state index contributed by atoms with van der Waals surface area (Å²) in [6.45, 7) is 8.76. The third kappa shape index (κ3) is 3.54. The minimum Gasteiger partial charge on any atom is -0.315 e. The minimum atomic E-state index is 0.317. The maximum atomic E-state index is 6.22. The molecule has 1 aliphatic heterocycles. The number of thiophene rings is 1. The van der Waals surface area contributed by atoms with Crippen LogP contribution in [0.15, 0.2) is 30.3 Å². The van der Waals surface area contributed by atoms with Crippen molar-refractivity contribution in [3.05, 3.63) is 56.2 Å². The van der Waals surface area contributed by atoms with Crippen LogP contribution in [0.1, 0.15) is 34.0 Å². The zero-order valence-electron chi connectivity index (χ0n) is 13.2. The topological polar surface area (TPSA) is 15.3 Å². The lowest BCUT2D eigenvalue weighted by molar-refractivity contribution is 0.243. The van der Waals surface area contributed by atoms with Crippen molar-refractivity contribution in [2.45, 2.75) is 26.3 Å². The van der Waals surface area contributed by atoms with E-state index in [1.54, 1.807) is 11.3 Å². The van der Waals surface area contributed by atoms with Crippen LogP contribution >= 0.6 is 22.9 Å². The number of rotatable bonds is 3.